The van der Waals surface area contributed by atoms with Crippen LogP contribution >= 0.6 is 0 Å². The molecule has 0 aromatic heterocycles. The number of nitrogens with two attached hydrogens (primary N) is 1. The molecule has 2 heteroatoms. The van der Waals surface area contributed by atoms with Gasteiger partial charge in [-0.1, -0.05) is 36.8 Å². The van der Waals surface area contributed by atoms with E-state index in [0.717, 1.165) is 31.3 Å². The number of nitrogens with zero attached hydrogens (tertiary/aromatic N) is 1. The summed E-state index contributed by atoms with van der Waals surface area (Å²) in [6.07, 6.45) is 5.24. The van der Waals surface area contributed by atoms with Gasteiger partial charge in [-0.3, -0.25) is 0 Å². The Morgan fingerprint density at radius 1 is 1.17 bits per heavy atom. The molecule has 100 valence electrons. The predicted molar refractivity (Wildman–Crippen MR) is 77.5 cm³/mol. The van der Waals surface area contributed by atoms with E-state index in [4.69, 9.17) is 5.73 Å². The zero-order valence-corrected chi connectivity index (χ0v) is 11.5. The molecule has 1 aliphatic rings. The van der Waals surface area contributed by atoms with Crippen LogP contribution in [0.3, 0.4) is 0 Å². The minimum absolute atomic E-state index is 0.768. The van der Waals surface area contributed by atoms with Gasteiger partial charge in [0.25, 0.3) is 0 Å². The van der Waals surface area contributed by atoms with Crippen LogP contribution in [0.5, 0.6) is 0 Å². The van der Waals surface area contributed by atoms with Crippen molar-refractivity contribution in [3.05, 3.63) is 35.9 Å². The molecule has 0 heterocycles. The zero-order valence-electron chi connectivity index (χ0n) is 11.5. The van der Waals surface area contributed by atoms with Crippen LogP contribution < -0.4 is 5.73 Å². The van der Waals surface area contributed by atoms with Gasteiger partial charge in [0.15, 0.2) is 0 Å². The number of hydrogen-bond acceptors (Lipinski definition) is 2. The second-order valence-electron chi connectivity index (χ2n) is 5.68. The maximum absolute atomic E-state index is 5.85. The fourth-order valence-corrected chi connectivity index (χ4v) is 3.12. The molecule has 0 bridgehead atoms. The third-order valence-electron chi connectivity index (χ3n) is 4.29. The smallest absolute Gasteiger partial charge is 0.00189 e. The van der Waals surface area contributed by atoms with E-state index in [-0.39, 0.29) is 0 Å². The third kappa shape index (κ3) is 3.82. The lowest BCUT2D eigenvalue weighted by molar-refractivity contribution is 0.245. The van der Waals surface area contributed by atoms with Gasteiger partial charge < -0.3 is 10.6 Å². The Morgan fingerprint density at radius 2 is 1.89 bits per heavy atom. The second-order valence-corrected chi connectivity index (χ2v) is 5.68. The Morgan fingerprint density at radius 3 is 2.61 bits per heavy atom. The SMILES string of the molecule is CN(CCc1ccccc1)CC1CCCC1CN. The highest BCUT2D eigenvalue weighted by molar-refractivity contribution is 5.14. The van der Waals surface area contributed by atoms with Gasteiger partial charge in [-0.2, -0.15) is 0 Å². The van der Waals surface area contributed by atoms with Crippen molar-refractivity contribution in [1.82, 2.24) is 4.90 Å². The maximum Gasteiger partial charge on any atom is 0.00189 e. The molecule has 0 amide bonds. The molecule has 2 rings (SSSR count). The molecule has 1 aliphatic carbocycles. The average Bonchev–Trinajstić information content (AvgIpc) is 2.85. The normalized spacial score (nSPS) is 23.7. The van der Waals surface area contributed by atoms with Crippen LogP contribution in [0.2, 0.25) is 0 Å². The first-order chi connectivity index (χ1) is 8.79. The van der Waals surface area contributed by atoms with Crippen molar-refractivity contribution in [3.8, 4) is 0 Å². The topological polar surface area (TPSA) is 29.3 Å². The van der Waals surface area contributed by atoms with Crippen molar-refractivity contribution in [1.29, 1.82) is 0 Å². The minimum atomic E-state index is 0.768. The fourth-order valence-electron chi connectivity index (χ4n) is 3.12. The minimum Gasteiger partial charge on any atom is -0.330 e. The summed E-state index contributed by atoms with van der Waals surface area (Å²) in [5.41, 5.74) is 7.28. The van der Waals surface area contributed by atoms with Gasteiger partial charge in [0.2, 0.25) is 0 Å². The molecule has 1 aromatic rings. The van der Waals surface area contributed by atoms with E-state index in [1.165, 1.54) is 31.4 Å². The number of benzene rings is 1. The lowest BCUT2D eigenvalue weighted by atomic mass is 9.95. The molecule has 0 spiro atoms. The van der Waals surface area contributed by atoms with Gasteiger partial charge in [-0.25, -0.2) is 0 Å². The van der Waals surface area contributed by atoms with E-state index >= 15 is 0 Å². The van der Waals surface area contributed by atoms with E-state index in [9.17, 15) is 0 Å². The zero-order chi connectivity index (χ0) is 12.8. The molecular formula is C16H26N2. The standard InChI is InChI=1S/C16H26N2/c1-18(11-10-14-6-3-2-4-7-14)13-16-9-5-8-15(16)12-17/h2-4,6-7,15-16H,5,8-13,17H2,1H3. The predicted octanol–water partition coefficient (Wildman–Crippen LogP) is 2.54. The lowest BCUT2D eigenvalue weighted by Gasteiger charge is -2.24. The molecule has 2 atom stereocenters. The third-order valence-corrected chi connectivity index (χ3v) is 4.29. The van der Waals surface area contributed by atoms with Crippen molar-refractivity contribution in [3.63, 3.8) is 0 Å². The monoisotopic (exact) mass is 246 g/mol. The van der Waals surface area contributed by atoms with Crippen LogP contribution in [0.15, 0.2) is 30.3 Å². The highest BCUT2D eigenvalue weighted by Crippen LogP contribution is 2.31. The molecule has 0 saturated heterocycles. The maximum atomic E-state index is 5.85. The summed E-state index contributed by atoms with van der Waals surface area (Å²) in [4.78, 5) is 2.48. The largest absolute Gasteiger partial charge is 0.330 e. The second kappa shape index (κ2) is 6.91. The quantitative estimate of drug-likeness (QED) is 0.836. The first kappa shape index (κ1) is 13.6. The summed E-state index contributed by atoms with van der Waals surface area (Å²) in [7, 11) is 2.24. The van der Waals surface area contributed by atoms with Gasteiger partial charge in [0, 0.05) is 13.1 Å². The number of hydrogen-bond donors (Lipinski definition) is 1. The first-order valence-corrected chi connectivity index (χ1v) is 7.22. The molecule has 1 aromatic carbocycles. The van der Waals surface area contributed by atoms with E-state index in [0.29, 0.717) is 0 Å². The van der Waals surface area contributed by atoms with Gasteiger partial charge in [0.1, 0.15) is 0 Å². The van der Waals surface area contributed by atoms with Crippen LogP contribution in [0.25, 0.3) is 0 Å². The van der Waals surface area contributed by atoms with Crippen molar-refractivity contribution in [2.75, 3.05) is 26.7 Å². The first-order valence-electron chi connectivity index (χ1n) is 7.22. The molecule has 18 heavy (non-hydrogen) atoms. The van der Waals surface area contributed by atoms with E-state index in [1.807, 2.05) is 0 Å². The summed E-state index contributed by atoms with van der Waals surface area (Å²) >= 11 is 0. The molecule has 2 N–H and O–H groups in total. The van der Waals surface area contributed by atoms with Crippen molar-refractivity contribution in [2.24, 2.45) is 17.6 Å². The van der Waals surface area contributed by atoms with E-state index < -0.39 is 0 Å². The van der Waals surface area contributed by atoms with Gasteiger partial charge in [0.05, 0.1) is 0 Å². The van der Waals surface area contributed by atoms with Crippen LogP contribution in [0.4, 0.5) is 0 Å². The molecular weight excluding hydrogens is 220 g/mol. The lowest BCUT2D eigenvalue weighted by Crippen LogP contribution is -2.31. The number of likely N-dealkylation sites (N-methyl/N-ethyl adjacent to an activating group) is 1. The van der Waals surface area contributed by atoms with Crippen molar-refractivity contribution >= 4 is 0 Å². The summed E-state index contributed by atoms with van der Waals surface area (Å²) < 4.78 is 0. The fraction of sp³-hybridized carbons (Fsp3) is 0.625. The Kier molecular flexibility index (Phi) is 5.21. The highest BCUT2D eigenvalue weighted by Gasteiger charge is 2.26. The van der Waals surface area contributed by atoms with Gasteiger partial charge in [-0.15, -0.1) is 0 Å². The van der Waals surface area contributed by atoms with Crippen LogP contribution in [0.1, 0.15) is 24.8 Å². The molecule has 2 nitrogen and oxygen atoms in total. The Bertz CT molecular complexity index is 336. The van der Waals surface area contributed by atoms with Crippen LogP contribution in [0, 0.1) is 11.8 Å². The highest BCUT2D eigenvalue weighted by atomic mass is 15.1. The molecule has 1 fully saturated rings. The summed E-state index contributed by atoms with van der Waals surface area (Å²) in [6, 6.07) is 10.8. The summed E-state index contributed by atoms with van der Waals surface area (Å²) in [6.45, 7) is 3.24. The Balaban J connectivity index is 1.73. The van der Waals surface area contributed by atoms with Crippen molar-refractivity contribution in [2.45, 2.75) is 25.7 Å². The Labute approximate surface area is 111 Å². The summed E-state index contributed by atoms with van der Waals surface area (Å²) in [5, 5.41) is 0. The average molecular weight is 246 g/mol. The van der Waals surface area contributed by atoms with E-state index in [2.05, 4.69) is 42.3 Å². The van der Waals surface area contributed by atoms with Gasteiger partial charge >= 0.3 is 0 Å². The van der Waals surface area contributed by atoms with Gasteiger partial charge in [-0.05, 0) is 50.3 Å². The van der Waals surface area contributed by atoms with Crippen molar-refractivity contribution < 1.29 is 0 Å². The molecule has 0 aliphatic heterocycles. The molecule has 0 radical (unpaired) electrons. The molecule has 2 unspecified atom stereocenters. The number of rotatable bonds is 6. The molecule has 1 saturated carbocycles. The Hall–Kier alpha value is -0.860. The summed E-state index contributed by atoms with van der Waals surface area (Å²) in [5.74, 6) is 1.60. The van der Waals surface area contributed by atoms with Crippen LogP contribution in [-0.2, 0) is 6.42 Å². The van der Waals surface area contributed by atoms with Crippen LogP contribution in [-0.4, -0.2) is 31.6 Å². The van der Waals surface area contributed by atoms with E-state index in [1.54, 1.807) is 0 Å².